The maximum Gasteiger partial charge on any atom is 0.255 e. The Morgan fingerprint density at radius 3 is 2.43 bits per heavy atom. The van der Waals surface area contributed by atoms with Crippen molar-refractivity contribution in [3.05, 3.63) is 83.3 Å². The van der Waals surface area contributed by atoms with Gasteiger partial charge >= 0.3 is 0 Å². The highest BCUT2D eigenvalue weighted by Gasteiger charge is 2.25. The number of piperidine rings is 1. The summed E-state index contributed by atoms with van der Waals surface area (Å²) >= 11 is 0. The highest BCUT2D eigenvalue weighted by molar-refractivity contribution is 5.96. The van der Waals surface area contributed by atoms with E-state index in [1.165, 1.54) is 17.7 Å². The number of H-pyrrole nitrogens is 1. The third kappa shape index (κ3) is 4.01. The number of hydrogen-bond acceptors (Lipinski definition) is 1. The summed E-state index contributed by atoms with van der Waals surface area (Å²) in [6, 6.07) is 18.8. The van der Waals surface area contributed by atoms with E-state index >= 15 is 0 Å². The Labute approximate surface area is 165 Å². The van der Waals surface area contributed by atoms with Crippen LogP contribution in [0.15, 0.2) is 60.7 Å². The van der Waals surface area contributed by atoms with Gasteiger partial charge in [0.15, 0.2) is 0 Å². The number of nitrogens with zero attached hydrogens (tertiary/aromatic N) is 1. The van der Waals surface area contributed by atoms with Crippen LogP contribution in [0, 0.1) is 18.7 Å². The topological polar surface area (TPSA) is 36.1 Å². The Kier molecular flexibility index (Phi) is 5.29. The van der Waals surface area contributed by atoms with Crippen LogP contribution in [0.5, 0.6) is 0 Å². The molecule has 0 unspecified atom stereocenters. The number of carbonyl (C=O) groups excluding carboxylic acids is 1. The molecule has 0 aliphatic carbocycles. The number of aryl methyl sites for hydroxylation is 1. The van der Waals surface area contributed by atoms with Crippen molar-refractivity contribution in [1.82, 2.24) is 9.88 Å². The minimum absolute atomic E-state index is 0.0836. The van der Waals surface area contributed by atoms with E-state index in [-0.39, 0.29) is 11.7 Å². The van der Waals surface area contributed by atoms with Gasteiger partial charge in [-0.3, -0.25) is 4.79 Å². The Balaban J connectivity index is 1.41. The van der Waals surface area contributed by atoms with Crippen molar-refractivity contribution in [1.29, 1.82) is 0 Å². The molecule has 0 bridgehead atoms. The highest BCUT2D eigenvalue weighted by Crippen LogP contribution is 2.26. The molecule has 1 fully saturated rings. The van der Waals surface area contributed by atoms with Crippen LogP contribution >= 0.6 is 0 Å². The normalized spacial score (nSPS) is 15.0. The van der Waals surface area contributed by atoms with Gasteiger partial charge in [-0.15, -0.1) is 0 Å². The minimum Gasteiger partial charge on any atom is -0.358 e. The number of rotatable bonds is 4. The van der Waals surface area contributed by atoms with Crippen molar-refractivity contribution in [2.75, 3.05) is 13.1 Å². The second-order valence-corrected chi connectivity index (χ2v) is 7.65. The molecule has 1 aromatic heterocycles. The Morgan fingerprint density at radius 2 is 1.75 bits per heavy atom. The lowest BCUT2D eigenvalue weighted by Crippen LogP contribution is -2.39. The molecule has 4 rings (SSSR count). The smallest absolute Gasteiger partial charge is 0.255 e. The first kappa shape index (κ1) is 18.5. The van der Waals surface area contributed by atoms with E-state index in [2.05, 4.69) is 29.2 Å². The monoisotopic (exact) mass is 376 g/mol. The third-order valence-electron chi connectivity index (χ3n) is 5.67. The van der Waals surface area contributed by atoms with Crippen molar-refractivity contribution < 1.29 is 9.18 Å². The molecule has 0 spiro atoms. The lowest BCUT2D eigenvalue weighted by Gasteiger charge is -2.32. The number of benzene rings is 2. The van der Waals surface area contributed by atoms with E-state index in [1.807, 2.05) is 24.0 Å². The standard InChI is InChI=1S/C24H25FN2O/c1-17-22(16-23(26-17)20-7-9-21(25)10-8-20)24(28)27-13-11-19(12-14-27)15-18-5-3-2-4-6-18/h2-10,16,19,26H,11-15H2,1H3. The molecule has 4 heteroatoms. The third-order valence-corrected chi connectivity index (χ3v) is 5.67. The van der Waals surface area contributed by atoms with Crippen LogP contribution in [0.1, 0.15) is 34.5 Å². The maximum atomic E-state index is 13.2. The number of amides is 1. The fourth-order valence-electron chi connectivity index (χ4n) is 4.02. The number of likely N-dealkylation sites (tertiary alicyclic amines) is 1. The van der Waals surface area contributed by atoms with E-state index in [4.69, 9.17) is 0 Å². The predicted octanol–water partition coefficient (Wildman–Crippen LogP) is 5.22. The van der Waals surface area contributed by atoms with Gasteiger partial charge in [-0.2, -0.15) is 0 Å². The molecule has 0 saturated carbocycles. The van der Waals surface area contributed by atoms with Crippen LogP contribution in [-0.4, -0.2) is 28.9 Å². The summed E-state index contributed by atoms with van der Waals surface area (Å²) in [6.45, 7) is 3.52. The SMILES string of the molecule is Cc1[nH]c(-c2ccc(F)cc2)cc1C(=O)N1CCC(Cc2ccccc2)CC1. The molecule has 1 aliphatic heterocycles. The van der Waals surface area contributed by atoms with Gasteiger partial charge in [-0.1, -0.05) is 30.3 Å². The maximum absolute atomic E-state index is 13.2. The summed E-state index contributed by atoms with van der Waals surface area (Å²) in [5, 5.41) is 0. The molecule has 0 atom stereocenters. The van der Waals surface area contributed by atoms with E-state index < -0.39 is 0 Å². The molecule has 3 nitrogen and oxygen atoms in total. The molecule has 1 saturated heterocycles. The Morgan fingerprint density at radius 1 is 1.07 bits per heavy atom. The van der Waals surface area contributed by atoms with Gasteiger partial charge in [-0.05, 0) is 73.6 Å². The van der Waals surface area contributed by atoms with Crippen molar-refractivity contribution in [3.63, 3.8) is 0 Å². The summed E-state index contributed by atoms with van der Waals surface area (Å²) in [7, 11) is 0. The van der Waals surface area contributed by atoms with Crippen LogP contribution < -0.4 is 0 Å². The molecule has 2 aromatic carbocycles. The van der Waals surface area contributed by atoms with Gasteiger partial charge in [0.2, 0.25) is 0 Å². The summed E-state index contributed by atoms with van der Waals surface area (Å²) in [6.07, 6.45) is 3.16. The lowest BCUT2D eigenvalue weighted by molar-refractivity contribution is 0.0690. The Bertz CT molecular complexity index is 938. The number of nitrogens with one attached hydrogen (secondary N) is 1. The number of hydrogen-bond donors (Lipinski definition) is 1. The van der Waals surface area contributed by atoms with Crippen LogP contribution in [0.25, 0.3) is 11.3 Å². The van der Waals surface area contributed by atoms with Crippen molar-refractivity contribution >= 4 is 5.91 Å². The predicted molar refractivity (Wildman–Crippen MR) is 110 cm³/mol. The average Bonchev–Trinajstić information content (AvgIpc) is 3.11. The summed E-state index contributed by atoms with van der Waals surface area (Å²) in [4.78, 5) is 18.3. The lowest BCUT2D eigenvalue weighted by atomic mass is 9.90. The number of aromatic nitrogens is 1. The molecule has 28 heavy (non-hydrogen) atoms. The van der Waals surface area contributed by atoms with Gasteiger partial charge in [-0.25, -0.2) is 4.39 Å². The second-order valence-electron chi connectivity index (χ2n) is 7.65. The summed E-state index contributed by atoms with van der Waals surface area (Å²) < 4.78 is 13.2. The van der Waals surface area contributed by atoms with E-state index in [1.54, 1.807) is 12.1 Å². The molecule has 2 heterocycles. The van der Waals surface area contributed by atoms with Crippen LogP contribution in [0.3, 0.4) is 0 Å². The van der Waals surface area contributed by atoms with E-state index in [9.17, 15) is 9.18 Å². The molecule has 3 aromatic rings. The number of aromatic amines is 1. The van der Waals surface area contributed by atoms with Gasteiger partial charge < -0.3 is 9.88 Å². The summed E-state index contributed by atoms with van der Waals surface area (Å²) in [5.74, 6) is 0.454. The molecule has 0 radical (unpaired) electrons. The first-order valence-electron chi connectivity index (χ1n) is 9.89. The van der Waals surface area contributed by atoms with Crippen molar-refractivity contribution in [2.24, 2.45) is 5.92 Å². The average molecular weight is 376 g/mol. The van der Waals surface area contributed by atoms with Crippen LogP contribution in [0.2, 0.25) is 0 Å². The van der Waals surface area contributed by atoms with Gasteiger partial charge in [0.25, 0.3) is 5.91 Å². The van der Waals surface area contributed by atoms with Crippen molar-refractivity contribution in [3.8, 4) is 11.3 Å². The minimum atomic E-state index is -0.262. The highest BCUT2D eigenvalue weighted by atomic mass is 19.1. The van der Waals surface area contributed by atoms with Gasteiger partial charge in [0, 0.05) is 24.5 Å². The van der Waals surface area contributed by atoms with Crippen molar-refractivity contribution in [2.45, 2.75) is 26.2 Å². The Hall–Kier alpha value is -2.88. The second kappa shape index (κ2) is 8.01. The first-order chi connectivity index (χ1) is 13.6. The van der Waals surface area contributed by atoms with Gasteiger partial charge in [0.05, 0.1) is 5.56 Å². The zero-order chi connectivity index (χ0) is 19.5. The fraction of sp³-hybridized carbons (Fsp3) is 0.292. The van der Waals surface area contributed by atoms with E-state index in [0.717, 1.165) is 49.3 Å². The first-order valence-corrected chi connectivity index (χ1v) is 9.89. The van der Waals surface area contributed by atoms with Crippen LogP contribution in [-0.2, 0) is 6.42 Å². The van der Waals surface area contributed by atoms with Gasteiger partial charge in [0.1, 0.15) is 5.82 Å². The molecular formula is C24H25FN2O. The molecule has 144 valence electrons. The van der Waals surface area contributed by atoms with E-state index in [0.29, 0.717) is 11.5 Å². The number of halogens is 1. The zero-order valence-corrected chi connectivity index (χ0v) is 16.1. The number of carbonyl (C=O) groups is 1. The molecule has 1 aliphatic rings. The fourth-order valence-corrected chi connectivity index (χ4v) is 4.02. The molecule has 1 amide bonds. The largest absolute Gasteiger partial charge is 0.358 e. The zero-order valence-electron chi connectivity index (χ0n) is 16.1. The molecule has 1 N–H and O–H groups in total. The quantitative estimate of drug-likeness (QED) is 0.665. The summed E-state index contributed by atoms with van der Waals surface area (Å²) in [5.41, 5.74) is 4.67. The molecular weight excluding hydrogens is 351 g/mol. The van der Waals surface area contributed by atoms with Crippen LogP contribution in [0.4, 0.5) is 4.39 Å².